The summed E-state index contributed by atoms with van der Waals surface area (Å²) in [6, 6.07) is 1.70. The van der Waals surface area contributed by atoms with Crippen molar-refractivity contribution in [2.75, 3.05) is 7.11 Å². The molecule has 0 amide bonds. The summed E-state index contributed by atoms with van der Waals surface area (Å²) >= 11 is 0. The normalized spacial score (nSPS) is 12.5. The first-order valence-electron chi connectivity index (χ1n) is 2.85. The van der Waals surface area contributed by atoms with Crippen molar-refractivity contribution in [1.82, 2.24) is 0 Å². The van der Waals surface area contributed by atoms with E-state index in [0.717, 1.165) is 6.08 Å². The second kappa shape index (κ2) is 3.21. The monoisotopic (exact) mass is 143 g/mol. The Hall–Kier alpha value is -1.04. The van der Waals surface area contributed by atoms with Gasteiger partial charge in [0.15, 0.2) is 5.67 Å². The average Bonchev–Trinajstić information content (AvgIpc) is 1.80. The molecule has 0 spiro atoms. The number of ether oxygens (including phenoxy) is 1. The maximum absolute atomic E-state index is 12.9. The van der Waals surface area contributed by atoms with Gasteiger partial charge < -0.3 is 4.74 Å². The molecule has 3 heteroatoms. The number of hydrogen-bond acceptors (Lipinski definition) is 2. The molecule has 0 unspecified atom stereocenters. The smallest absolute Gasteiger partial charge is 0.162 e. The third-order valence-corrected chi connectivity index (χ3v) is 1.00. The fourth-order valence-electron chi connectivity index (χ4n) is 0.532. The van der Waals surface area contributed by atoms with Gasteiger partial charge in [0.05, 0.1) is 19.3 Å². The molecule has 0 aromatic heterocycles. The molecule has 0 radical (unpaired) electrons. The van der Waals surface area contributed by atoms with Crippen LogP contribution in [0.25, 0.3) is 0 Å². The fourth-order valence-corrected chi connectivity index (χ4v) is 0.532. The summed E-state index contributed by atoms with van der Waals surface area (Å²) in [5.74, 6) is 0.0509. The Morgan fingerprint density at radius 3 is 2.30 bits per heavy atom. The lowest BCUT2D eigenvalue weighted by molar-refractivity contribution is 0.144. The fraction of sp³-hybridized carbons (Fsp3) is 0.571. The van der Waals surface area contributed by atoms with Crippen molar-refractivity contribution in [3.8, 4) is 6.07 Å². The van der Waals surface area contributed by atoms with Gasteiger partial charge in [0.1, 0.15) is 5.76 Å². The van der Waals surface area contributed by atoms with Crippen molar-refractivity contribution in [2.45, 2.75) is 19.5 Å². The molecular weight excluding hydrogens is 133 g/mol. The van der Waals surface area contributed by atoms with E-state index in [4.69, 9.17) is 5.26 Å². The maximum Gasteiger partial charge on any atom is 0.162 e. The molecule has 0 heterocycles. The molecule has 0 aliphatic carbocycles. The quantitative estimate of drug-likeness (QED) is 0.436. The van der Waals surface area contributed by atoms with Gasteiger partial charge in [0, 0.05) is 0 Å². The highest BCUT2D eigenvalue weighted by Crippen LogP contribution is 2.20. The van der Waals surface area contributed by atoms with Gasteiger partial charge >= 0.3 is 0 Å². The first kappa shape index (κ1) is 8.96. The van der Waals surface area contributed by atoms with Crippen molar-refractivity contribution in [1.29, 1.82) is 5.26 Å². The number of methoxy groups -OCH3 is 1. The lowest BCUT2D eigenvalue weighted by atomic mass is 10.1. The van der Waals surface area contributed by atoms with Crippen LogP contribution in [0.15, 0.2) is 11.8 Å². The predicted octanol–water partition coefficient (Wildman–Crippen LogP) is 1.79. The van der Waals surface area contributed by atoms with Gasteiger partial charge in [-0.15, -0.1) is 0 Å². The van der Waals surface area contributed by atoms with E-state index in [1.54, 1.807) is 6.07 Å². The van der Waals surface area contributed by atoms with Crippen LogP contribution >= 0.6 is 0 Å². The molecule has 0 aliphatic rings. The molecule has 0 saturated carbocycles. The largest absolute Gasteiger partial charge is 0.497 e. The third-order valence-electron chi connectivity index (χ3n) is 1.00. The number of halogens is 1. The molecule has 0 rings (SSSR count). The zero-order valence-corrected chi connectivity index (χ0v) is 6.31. The Bertz CT molecular complexity index is 173. The van der Waals surface area contributed by atoms with Crippen LogP contribution in [0.5, 0.6) is 0 Å². The average molecular weight is 143 g/mol. The summed E-state index contributed by atoms with van der Waals surface area (Å²) in [4.78, 5) is 0. The van der Waals surface area contributed by atoms with E-state index < -0.39 is 5.67 Å². The molecule has 0 fully saturated rings. The SMILES string of the molecule is CO/C(=C\C#N)C(C)(C)F. The molecule has 0 atom stereocenters. The van der Waals surface area contributed by atoms with Crippen LogP contribution in [0.1, 0.15) is 13.8 Å². The Morgan fingerprint density at radius 1 is 1.70 bits per heavy atom. The Kier molecular flexibility index (Phi) is 2.88. The summed E-state index contributed by atoms with van der Waals surface area (Å²) in [5.41, 5.74) is -1.56. The number of alkyl halides is 1. The highest BCUT2D eigenvalue weighted by molar-refractivity contribution is 5.15. The predicted molar refractivity (Wildman–Crippen MR) is 35.9 cm³/mol. The molecule has 0 bridgehead atoms. The van der Waals surface area contributed by atoms with Crippen LogP contribution in [0.4, 0.5) is 4.39 Å². The zero-order valence-electron chi connectivity index (χ0n) is 6.31. The van der Waals surface area contributed by atoms with Crippen molar-refractivity contribution < 1.29 is 9.13 Å². The molecule has 0 aromatic carbocycles. The number of hydrogen-bond donors (Lipinski definition) is 0. The Labute approximate surface area is 59.9 Å². The van der Waals surface area contributed by atoms with E-state index in [1.807, 2.05) is 0 Å². The molecule has 0 aliphatic heterocycles. The van der Waals surface area contributed by atoms with Crippen LogP contribution < -0.4 is 0 Å². The van der Waals surface area contributed by atoms with Crippen molar-refractivity contribution >= 4 is 0 Å². The summed E-state index contributed by atoms with van der Waals surface area (Å²) in [7, 11) is 1.34. The van der Waals surface area contributed by atoms with E-state index in [2.05, 4.69) is 4.74 Å². The third kappa shape index (κ3) is 2.49. The van der Waals surface area contributed by atoms with Gasteiger partial charge in [0.2, 0.25) is 0 Å². The molecule has 56 valence electrons. The van der Waals surface area contributed by atoms with Crippen molar-refractivity contribution in [3.05, 3.63) is 11.8 Å². The van der Waals surface area contributed by atoms with Crippen LogP contribution in [0, 0.1) is 11.3 Å². The van der Waals surface area contributed by atoms with Gasteiger partial charge in [-0.1, -0.05) is 0 Å². The minimum absolute atomic E-state index is 0.0509. The highest BCUT2D eigenvalue weighted by Gasteiger charge is 2.22. The van der Waals surface area contributed by atoms with E-state index in [-0.39, 0.29) is 5.76 Å². The second-order valence-electron chi connectivity index (χ2n) is 2.31. The van der Waals surface area contributed by atoms with Crippen LogP contribution in [-0.2, 0) is 4.74 Å². The van der Waals surface area contributed by atoms with Gasteiger partial charge in [-0.3, -0.25) is 0 Å². The Balaban J connectivity index is 4.41. The second-order valence-corrected chi connectivity index (χ2v) is 2.31. The number of rotatable bonds is 2. The van der Waals surface area contributed by atoms with E-state index in [9.17, 15) is 4.39 Å². The first-order chi connectivity index (χ1) is 4.52. The van der Waals surface area contributed by atoms with E-state index in [0.29, 0.717) is 0 Å². The van der Waals surface area contributed by atoms with Gasteiger partial charge in [-0.05, 0) is 13.8 Å². The molecule has 0 saturated heterocycles. The zero-order chi connectivity index (χ0) is 8.20. The van der Waals surface area contributed by atoms with Crippen LogP contribution in [0.3, 0.4) is 0 Å². The van der Waals surface area contributed by atoms with E-state index >= 15 is 0 Å². The minimum Gasteiger partial charge on any atom is -0.497 e. The van der Waals surface area contributed by atoms with Crippen LogP contribution in [-0.4, -0.2) is 12.8 Å². The minimum atomic E-state index is -1.56. The van der Waals surface area contributed by atoms with Gasteiger partial charge in [-0.2, -0.15) is 5.26 Å². The lowest BCUT2D eigenvalue weighted by Gasteiger charge is -2.15. The number of nitriles is 1. The summed E-state index contributed by atoms with van der Waals surface area (Å²) < 4.78 is 17.5. The summed E-state index contributed by atoms with van der Waals surface area (Å²) in [6.45, 7) is 2.67. The summed E-state index contributed by atoms with van der Waals surface area (Å²) in [5, 5.41) is 8.16. The van der Waals surface area contributed by atoms with Crippen molar-refractivity contribution in [3.63, 3.8) is 0 Å². The lowest BCUT2D eigenvalue weighted by Crippen LogP contribution is -2.16. The first-order valence-corrected chi connectivity index (χ1v) is 2.85. The molecule has 2 nitrogen and oxygen atoms in total. The highest BCUT2D eigenvalue weighted by atomic mass is 19.1. The molecule has 0 N–H and O–H groups in total. The standard InChI is InChI=1S/C7H10FNO/c1-7(2,8)6(10-3)4-5-9/h4H,1-3H3/b6-4-. The van der Waals surface area contributed by atoms with Gasteiger partial charge in [-0.25, -0.2) is 4.39 Å². The van der Waals surface area contributed by atoms with Crippen LogP contribution in [0.2, 0.25) is 0 Å². The molecule has 0 aromatic rings. The van der Waals surface area contributed by atoms with E-state index in [1.165, 1.54) is 21.0 Å². The topological polar surface area (TPSA) is 33.0 Å². The maximum atomic E-state index is 12.9. The van der Waals surface area contributed by atoms with Gasteiger partial charge in [0.25, 0.3) is 0 Å². The number of nitrogens with zero attached hydrogens (tertiary/aromatic N) is 1. The Morgan fingerprint density at radius 2 is 2.20 bits per heavy atom. The summed E-state index contributed by atoms with van der Waals surface area (Å²) in [6.07, 6.45) is 1.06. The van der Waals surface area contributed by atoms with Crippen molar-refractivity contribution in [2.24, 2.45) is 0 Å². The number of allylic oxidation sites excluding steroid dienone is 2. The molecule has 10 heavy (non-hydrogen) atoms. The molecular formula is C7H10FNO.